The smallest absolute Gasteiger partial charge is 0.335 e. The van der Waals surface area contributed by atoms with Gasteiger partial charge >= 0.3 is 11.9 Å². The van der Waals surface area contributed by atoms with Gasteiger partial charge in [0, 0.05) is 13.3 Å². The topological polar surface area (TPSA) is 89.9 Å². The van der Waals surface area contributed by atoms with Gasteiger partial charge in [-0.3, -0.25) is 9.59 Å². The molecule has 0 aliphatic heterocycles. The molecule has 0 aromatic carbocycles. The van der Waals surface area contributed by atoms with Crippen LogP contribution < -0.4 is 0 Å². The van der Waals surface area contributed by atoms with Gasteiger partial charge in [-0.2, -0.15) is 0 Å². The van der Waals surface area contributed by atoms with Crippen LogP contribution in [0.15, 0.2) is 35.5 Å². The lowest BCUT2D eigenvalue weighted by atomic mass is 9.68. The van der Waals surface area contributed by atoms with Crippen LogP contribution in [0.4, 0.5) is 0 Å². The van der Waals surface area contributed by atoms with E-state index >= 15 is 0 Å². The van der Waals surface area contributed by atoms with E-state index in [9.17, 15) is 19.5 Å². The van der Waals surface area contributed by atoms with Crippen LogP contribution in [-0.4, -0.2) is 42.1 Å². The predicted molar refractivity (Wildman–Crippen MR) is 102 cm³/mol. The molecule has 0 radical (unpaired) electrons. The SMILES string of the molecule is COC(=O)[C@H](O)[C@@]1(C/C=C(\C)CCC=C(C)C)C[C@H](OC(C)=O)C=CC1=O. The Kier molecular flexibility index (Phi) is 8.63. The summed E-state index contributed by atoms with van der Waals surface area (Å²) in [4.78, 5) is 36.0. The van der Waals surface area contributed by atoms with Crippen LogP contribution in [-0.2, 0) is 23.9 Å². The van der Waals surface area contributed by atoms with Crippen molar-refractivity contribution in [2.24, 2.45) is 5.41 Å². The van der Waals surface area contributed by atoms with Crippen LogP contribution in [0, 0.1) is 5.41 Å². The lowest BCUT2D eigenvalue weighted by molar-refractivity contribution is -0.166. The van der Waals surface area contributed by atoms with Crippen molar-refractivity contribution in [1.82, 2.24) is 0 Å². The Labute approximate surface area is 160 Å². The standard InChI is InChI=1S/C21H30O6/c1-14(2)7-6-8-15(3)11-12-21(19(24)20(25)26-5)13-17(27-16(4)22)9-10-18(21)23/h7,9-11,17,19,24H,6,8,12-13H2,1-5H3/b15-11+/t17-,19+,21+/m1/s1. The van der Waals surface area contributed by atoms with Gasteiger partial charge in [-0.15, -0.1) is 0 Å². The summed E-state index contributed by atoms with van der Waals surface area (Å²) in [5.41, 5.74) is 0.868. The van der Waals surface area contributed by atoms with E-state index in [4.69, 9.17) is 4.74 Å². The quantitative estimate of drug-likeness (QED) is 0.516. The van der Waals surface area contributed by atoms with E-state index in [2.05, 4.69) is 10.8 Å². The van der Waals surface area contributed by atoms with E-state index in [-0.39, 0.29) is 18.6 Å². The zero-order chi connectivity index (χ0) is 20.6. The van der Waals surface area contributed by atoms with Crippen molar-refractivity contribution in [1.29, 1.82) is 0 Å². The Hall–Kier alpha value is -2.21. The molecule has 3 atom stereocenters. The number of hydrogen-bond donors (Lipinski definition) is 1. The minimum absolute atomic E-state index is 0.0237. The zero-order valence-corrected chi connectivity index (χ0v) is 16.8. The molecule has 0 bridgehead atoms. The van der Waals surface area contributed by atoms with Gasteiger partial charge in [0.05, 0.1) is 12.5 Å². The number of methoxy groups -OCH3 is 1. The van der Waals surface area contributed by atoms with Gasteiger partial charge in [0.2, 0.25) is 0 Å². The minimum Gasteiger partial charge on any atom is -0.467 e. The average Bonchev–Trinajstić information content (AvgIpc) is 2.60. The summed E-state index contributed by atoms with van der Waals surface area (Å²) in [6.45, 7) is 7.28. The molecule has 6 heteroatoms. The number of ether oxygens (including phenoxy) is 2. The lowest BCUT2D eigenvalue weighted by Crippen LogP contribution is -2.50. The fourth-order valence-corrected chi connectivity index (χ4v) is 3.11. The highest BCUT2D eigenvalue weighted by molar-refractivity contribution is 6.00. The van der Waals surface area contributed by atoms with E-state index in [1.54, 1.807) is 0 Å². The Morgan fingerprint density at radius 3 is 2.52 bits per heavy atom. The number of carbonyl (C=O) groups is 3. The van der Waals surface area contributed by atoms with Gasteiger partial charge in [-0.25, -0.2) is 4.79 Å². The number of esters is 2. The Morgan fingerprint density at radius 2 is 1.96 bits per heavy atom. The first-order chi connectivity index (χ1) is 12.6. The molecule has 0 saturated carbocycles. The summed E-state index contributed by atoms with van der Waals surface area (Å²) in [5.74, 6) is -1.75. The summed E-state index contributed by atoms with van der Waals surface area (Å²) in [6, 6.07) is 0. The third kappa shape index (κ3) is 6.47. The maximum atomic E-state index is 12.7. The fourth-order valence-electron chi connectivity index (χ4n) is 3.11. The van der Waals surface area contributed by atoms with Gasteiger partial charge in [0.1, 0.15) is 6.10 Å². The summed E-state index contributed by atoms with van der Waals surface area (Å²) in [7, 11) is 1.16. The molecule has 0 heterocycles. The molecule has 0 unspecified atom stereocenters. The van der Waals surface area contributed by atoms with Crippen molar-refractivity contribution in [3.8, 4) is 0 Å². The van der Waals surface area contributed by atoms with Crippen LogP contribution in [0.1, 0.15) is 53.4 Å². The van der Waals surface area contributed by atoms with E-state index in [0.717, 1.165) is 25.5 Å². The minimum atomic E-state index is -1.64. The maximum Gasteiger partial charge on any atom is 0.335 e. The molecule has 1 aliphatic rings. The van der Waals surface area contributed by atoms with Gasteiger partial charge in [-0.05, 0) is 52.2 Å². The molecule has 1 aliphatic carbocycles. The number of hydrogen-bond acceptors (Lipinski definition) is 6. The highest BCUT2D eigenvalue weighted by atomic mass is 16.5. The van der Waals surface area contributed by atoms with Crippen LogP contribution in [0.5, 0.6) is 0 Å². The van der Waals surface area contributed by atoms with Crippen LogP contribution in [0.3, 0.4) is 0 Å². The van der Waals surface area contributed by atoms with Gasteiger partial charge in [0.25, 0.3) is 0 Å². The maximum absolute atomic E-state index is 12.7. The highest BCUT2D eigenvalue weighted by Gasteiger charge is 2.50. The molecule has 150 valence electrons. The number of aliphatic hydroxyl groups excluding tert-OH is 1. The average molecular weight is 378 g/mol. The third-order valence-corrected chi connectivity index (χ3v) is 4.69. The molecule has 0 aromatic rings. The second-order valence-corrected chi connectivity index (χ2v) is 7.23. The van der Waals surface area contributed by atoms with E-state index in [1.807, 2.05) is 26.8 Å². The fraction of sp³-hybridized carbons (Fsp3) is 0.571. The normalized spacial score (nSPS) is 23.6. The summed E-state index contributed by atoms with van der Waals surface area (Å²) in [6.07, 6.45) is 6.30. The van der Waals surface area contributed by atoms with E-state index in [1.165, 1.54) is 24.6 Å². The lowest BCUT2D eigenvalue weighted by Gasteiger charge is -2.38. The summed E-state index contributed by atoms with van der Waals surface area (Å²) >= 11 is 0. The molecular weight excluding hydrogens is 348 g/mol. The molecule has 0 spiro atoms. The van der Waals surface area contributed by atoms with E-state index < -0.39 is 29.6 Å². The molecule has 0 aromatic heterocycles. The van der Waals surface area contributed by atoms with Crippen LogP contribution >= 0.6 is 0 Å². The van der Waals surface area contributed by atoms with Crippen molar-refractivity contribution in [3.05, 3.63) is 35.5 Å². The van der Waals surface area contributed by atoms with Crippen molar-refractivity contribution < 1.29 is 29.0 Å². The zero-order valence-electron chi connectivity index (χ0n) is 16.8. The van der Waals surface area contributed by atoms with Crippen molar-refractivity contribution >= 4 is 17.7 Å². The van der Waals surface area contributed by atoms with Gasteiger partial charge < -0.3 is 14.6 Å². The summed E-state index contributed by atoms with van der Waals surface area (Å²) in [5, 5.41) is 10.6. The Balaban J connectivity index is 3.10. The van der Waals surface area contributed by atoms with Gasteiger partial charge in [0.15, 0.2) is 11.9 Å². The van der Waals surface area contributed by atoms with Crippen molar-refractivity contribution in [3.63, 3.8) is 0 Å². The summed E-state index contributed by atoms with van der Waals surface area (Å²) < 4.78 is 9.84. The molecule has 0 fully saturated rings. The highest BCUT2D eigenvalue weighted by Crippen LogP contribution is 2.39. The second kappa shape index (κ2) is 10.2. The molecule has 27 heavy (non-hydrogen) atoms. The number of allylic oxidation sites excluding steroid dienone is 5. The number of rotatable bonds is 8. The molecule has 0 saturated heterocycles. The molecule has 1 rings (SSSR count). The van der Waals surface area contributed by atoms with Crippen LogP contribution in [0.25, 0.3) is 0 Å². The van der Waals surface area contributed by atoms with Crippen LogP contribution in [0.2, 0.25) is 0 Å². The first kappa shape index (κ1) is 22.8. The molecule has 0 amide bonds. The van der Waals surface area contributed by atoms with Crippen molar-refractivity contribution in [2.75, 3.05) is 7.11 Å². The largest absolute Gasteiger partial charge is 0.467 e. The number of ketones is 1. The Bertz CT molecular complexity index is 654. The number of carbonyl (C=O) groups excluding carboxylic acids is 3. The number of aliphatic hydroxyl groups is 1. The first-order valence-electron chi connectivity index (χ1n) is 9.07. The predicted octanol–water partition coefficient (Wildman–Crippen LogP) is 3.05. The Morgan fingerprint density at radius 1 is 1.30 bits per heavy atom. The molecular formula is C21H30O6. The van der Waals surface area contributed by atoms with E-state index in [0.29, 0.717) is 0 Å². The van der Waals surface area contributed by atoms with Gasteiger partial charge in [-0.1, -0.05) is 23.3 Å². The second-order valence-electron chi connectivity index (χ2n) is 7.23. The molecule has 6 nitrogen and oxygen atoms in total. The monoisotopic (exact) mass is 378 g/mol. The van der Waals surface area contributed by atoms with Crippen molar-refractivity contribution in [2.45, 2.75) is 65.6 Å². The molecule has 1 N–H and O–H groups in total. The third-order valence-electron chi connectivity index (χ3n) is 4.69. The first-order valence-corrected chi connectivity index (χ1v) is 9.07.